The molecule has 1 aliphatic rings. The van der Waals surface area contributed by atoms with Gasteiger partial charge < -0.3 is 4.90 Å². The van der Waals surface area contributed by atoms with E-state index in [0.717, 1.165) is 28.3 Å². The van der Waals surface area contributed by atoms with Gasteiger partial charge in [-0.15, -0.1) is 0 Å². The molecule has 1 heterocycles. The number of amides is 1. The topological polar surface area (TPSA) is 38.1 Å². The number of carbonyl (C=O) groups excluding carboxylic acids is 1. The Morgan fingerprint density at radius 3 is 2.65 bits per heavy atom. The summed E-state index contributed by atoms with van der Waals surface area (Å²) in [7, 11) is 1.88. The summed E-state index contributed by atoms with van der Waals surface area (Å²) in [5.41, 5.74) is 1.94. The van der Waals surface area contributed by atoms with Gasteiger partial charge in [0.15, 0.2) is 0 Å². The van der Waals surface area contributed by atoms with Crippen molar-refractivity contribution in [3.8, 4) is 0 Å². The van der Waals surface area contributed by atoms with Crippen LogP contribution in [0.1, 0.15) is 24.2 Å². The summed E-state index contributed by atoms with van der Waals surface area (Å²) in [6.07, 6.45) is 2.53. The zero-order valence-electron chi connectivity index (χ0n) is 10.5. The molecule has 1 fully saturated rings. The second-order valence-corrected chi connectivity index (χ2v) is 5.65. The molecule has 2 rings (SSSR count). The Labute approximate surface area is 110 Å². The van der Waals surface area contributed by atoms with Gasteiger partial charge in [-0.25, -0.2) is 0 Å². The van der Waals surface area contributed by atoms with Crippen LogP contribution < -0.4 is 0 Å². The van der Waals surface area contributed by atoms with Crippen molar-refractivity contribution < 1.29 is 4.79 Å². The lowest BCUT2D eigenvalue weighted by molar-refractivity contribution is -0.131. The van der Waals surface area contributed by atoms with Gasteiger partial charge in [-0.3, -0.25) is 9.48 Å². The number of hydrogen-bond acceptors (Lipinski definition) is 2. The highest BCUT2D eigenvalue weighted by Crippen LogP contribution is 2.29. The van der Waals surface area contributed by atoms with E-state index in [2.05, 4.69) is 21.0 Å². The van der Waals surface area contributed by atoms with Crippen molar-refractivity contribution in [1.29, 1.82) is 0 Å². The maximum atomic E-state index is 12.0. The minimum atomic E-state index is 0.134. The van der Waals surface area contributed by atoms with Gasteiger partial charge in [0.05, 0.1) is 15.9 Å². The molecule has 0 atom stereocenters. The predicted molar refractivity (Wildman–Crippen MR) is 69.8 cm³/mol. The van der Waals surface area contributed by atoms with Crippen LogP contribution in [0.5, 0.6) is 0 Å². The number of aromatic nitrogens is 2. The largest absolute Gasteiger partial charge is 0.344 e. The second kappa shape index (κ2) is 4.80. The first-order valence-corrected chi connectivity index (χ1v) is 6.71. The standard InChI is InChI=1S/C12H18BrN3O/c1-8-12(13)9(2)16(14-8)7-11(17)15(3)6-10-4-5-10/h10H,4-7H2,1-3H3. The van der Waals surface area contributed by atoms with Gasteiger partial charge in [0.25, 0.3) is 0 Å². The van der Waals surface area contributed by atoms with Gasteiger partial charge in [-0.05, 0) is 48.5 Å². The highest BCUT2D eigenvalue weighted by Gasteiger charge is 2.25. The maximum Gasteiger partial charge on any atom is 0.244 e. The van der Waals surface area contributed by atoms with Gasteiger partial charge in [-0.1, -0.05) is 0 Å². The Bertz CT molecular complexity index is 437. The summed E-state index contributed by atoms with van der Waals surface area (Å²) in [6.45, 7) is 5.13. The second-order valence-electron chi connectivity index (χ2n) is 4.86. The first kappa shape index (κ1) is 12.6. The van der Waals surface area contributed by atoms with Crippen LogP contribution in [0.2, 0.25) is 0 Å². The fourth-order valence-corrected chi connectivity index (χ4v) is 2.15. The van der Waals surface area contributed by atoms with Crippen molar-refractivity contribution in [2.24, 2.45) is 5.92 Å². The summed E-state index contributed by atoms with van der Waals surface area (Å²) >= 11 is 3.47. The highest BCUT2D eigenvalue weighted by molar-refractivity contribution is 9.10. The van der Waals surface area contributed by atoms with Crippen molar-refractivity contribution >= 4 is 21.8 Å². The number of rotatable bonds is 4. The molecular formula is C12H18BrN3O. The van der Waals surface area contributed by atoms with Gasteiger partial charge in [0.2, 0.25) is 5.91 Å². The molecule has 0 bridgehead atoms. The molecule has 1 aromatic rings. The predicted octanol–water partition coefficient (Wildman–Crippen LogP) is 2.13. The molecule has 0 aliphatic heterocycles. The van der Waals surface area contributed by atoms with Gasteiger partial charge >= 0.3 is 0 Å². The molecule has 1 aliphatic carbocycles. The Kier molecular flexibility index (Phi) is 3.56. The van der Waals surface area contributed by atoms with E-state index in [1.807, 2.05) is 25.8 Å². The highest BCUT2D eigenvalue weighted by atomic mass is 79.9. The van der Waals surface area contributed by atoms with Crippen LogP contribution in [-0.4, -0.2) is 34.2 Å². The van der Waals surface area contributed by atoms with Crippen molar-refractivity contribution in [2.45, 2.75) is 33.2 Å². The minimum absolute atomic E-state index is 0.134. The quantitative estimate of drug-likeness (QED) is 0.854. The Balaban J connectivity index is 1.99. The molecule has 0 unspecified atom stereocenters. The first-order chi connectivity index (χ1) is 7.99. The smallest absolute Gasteiger partial charge is 0.244 e. The van der Waals surface area contributed by atoms with Crippen LogP contribution in [0.25, 0.3) is 0 Å². The number of aryl methyl sites for hydroxylation is 1. The van der Waals surface area contributed by atoms with Crippen LogP contribution in [-0.2, 0) is 11.3 Å². The van der Waals surface area contributed by atoms with Crippen molar-refractivity contribution in [3.63, 3.8) is 0 Å². The summed E-state index contributed by atoms with van der Waals surface area (Å²) in [4.78, 5) is 13.8. The number of likely N-dealkylation sites (N-methyl/N-ethyl adjacent to an activating group) is 1. The Morgan fingerprint density at radius 2 is 2.18 bits per heavy atom. The molecule has 94 valence electrons. The van der Waals surface area contributed by atoms with Crippen molar-refractivity contribution in [1.82, 2.24) is 14.7 Å². The molecule has 1 saturated carbocycles. The van der Waals surface area contributed by atoms with Crippen molar-refractivity contribution in [3.05, 3.63) is 15.9 Å². The monoisotopic (exact) mass is 299 g/mol. The molecule has 0 spiro atoms. The molecule has 5 heteroatoms. The van der Waals surface area contributed by atoms with E-state index in [0.29, 0.717) is 6.54 Å². The van der Waals surface area contributed by atoms with Crippen LogP contribution in [0.3, 0.4) is 0 Å². The third kappa shape index (κ3) is 2.89. The molecule has 0 radical (unpaired) electrons. The van der Waals surface area contributed by atoms with Crippen LogP contribution in [0.4, 0.5) is 0 Å². The fourth-order valence-electron chi connectivity index (χ4n) is 1.87. The molecule has 0 saturated heterocycles. The fraction of sp³-hybridized carbons (Fsp3) is 0.667. The van der Waals surface area contributed by atoms with Crippen molar-refractivity contribution in [2.75, 3.05) is 13.6 Å². The summed E-state index contributed by atoms with van der Waals surface area (Å²) < 4.78 is 2.76. The zero-order chi connectivity index (χ0) is 12.6. The third-order valence-electron chi connectivity index (χ3n) is 3.23. The van der Waals surface area contributed by atoms with E-state index in [-0.39, 0.29) is 5.91 Å². The van der Waals surface area contributed by atoms with Crippen LogP contribution >= 0.6 is 15.9 Å². The van der Waals surface area contributed by atoms with E-state index in [4.69, 9.17) is 0 Å². The molecular weight excluding hydrogens is 282 g/mol. The van der Waals surface area contributed by atoms with E-state index in [9.17, 15) is 4.79 Å². The van der Waals surface area contributed by atoms with E-state index in [1.54, 1.807) is 4.68 Å². The number of nitrogens with zero attached hydrogens (tertiary/aromatic N) is 3. The van der Waals surface area contributed by atoms with E-state index in [1.165, 1.54) is 12.8 Å². The lowest BCUT2D eigenvalue weighted by Gasteiger charge is -2.17. The summed E-state index contributed by atoms with van der Waals surface area (Å²) in [6, 6.07) is 0. The van der Waals surface area contributed by atoms with Crippen LogP contribution in [0, 0.1) is 19.8 Å². The van der Waals surface area contributed by atoms with E-state index >= 15 is 0 Å². The molecule has 17 heavy (non-hydrogen) atoms. The van der Waals surface area contributed by atoms with Gasteiger partial charge in [0.1, 0.15) is 6.54 Å². The van der Waals surface area contributed by atoms with Gasteiger partial charge in [0, 0.05) is 13.6 Å². The summed E-state index contributed by atoms with van der Waals surface area (Å²) in [5, 5.41) is 4.35. The lowest BCUT2D eigenvalue weighted by Crippen LogP contribution is -2.32. The van der Waals surface area contributed by atoms with Crippen LogP contribution in [0.15, 0.2) is 4.47 Å². The molecule has 0 aromatic carbocycles. The normalized spacial score (nSPS) is 15.1. The Morgan fingerprint density at radius 1 is 1.53 bits per heavy atom. The number of carbonyl (C=O) groups is 1. The first-order valence-electron chi connectivity index (χ1n) is 5.92. The molecule has 0 N–H and O–H groups in total. The average molecular weight is 300 g/mol. The maximum absolute atomic E-state index is 12.0. The lowest BCUT2D eigenvalue weighted by atomic mass is 10.3. The molecule has 4 nitrogen and oxygen atoms in total. The number of hydrogen-bond donors (Lipinski definition) is 0. The SMILES string of the molecule is Cc1nn(CC(=O)N(C)CC2CC2)c(C)c1Br. The number of halogens is 1. The minimum Gasteiger partial charge on any atom is -0.344 e. The molecule has 1 amide bonds. The molecule has 1 aromatic heterocycles. The Hall–Kier alpha value is -0.840. The zero-order valence-corrected chi connectivity index (χ0v) is 12.1. The van der Waals surface area contributed by atoms with E-state index < -0.39 is 0 Å². The summed E-state index contributed by atoms with van der Waals surface area (Å²) in [5.74, 6) is 0.867. The average Bonchev–Trinajstić information content (AvgIpc) is 3.05. The third-order valence-corrected chi connectivity index (χ3v) is 4.38. The van der Waals surface area contributed by atoms with Gasteiger partial charge in [-0.2, -0.15) is 5.10 Å².